The van der Waals surface area contributed by atoms with Crippen LogP contribution in [0.1, 0.15) is 107 Å². The number of benzene rings is 2. The van der Waals surface area contributed by atoms with Gasteiger partial charge in [0, 0.05) is 11.1 Å². The number of nitrogens with zero attached hydrogens (tertiary/aromatic N) is 2. The monoisotopic (exact) mass is 580 g/mol. The highest BCUT2D eigenvalue weighted by molar-refractivity contribution is 6.30. The molecular formula is C38H32N2O4. The molecule has 0 radical (unpaired) electrons. The fourth-order valence-electron chi connectivity index (χ4n) is 5.76. The Kier molecular flexibility index (Phi) is 8.19. The van der Waals surface area contributed by atoms with Gasteiger partial charge in [0.2, 0.25) is 0 Å². The molecule has 0 spiro atoms. The molecule has 0 saturated carbocycles. The zero-order valence-electron chi connectivity index (χ0n) is 25.2. The minimum absolute atomic E-state index is 0.213. The predicted octanol–water partition coefficient (Wildman–Crippen LogP) is 8.12. The van der Waals surface area contributed by atoms with Crippen LogP contribution in [0.25, 0.3) is 30.0 Å². The second kappa shape index (κ2) is 12.0. The van der Waals surface area contributed by atoms with Crippen molar-refractivity contribution in [3.63, 3.8) is 0 Å². The van der Waals surface area contributed by atoms with E-state index in [0.29, 0.717) is 22.4 Å². The van der Waals surface area contributed by atoms with Crippen molar-refractivity contribution in [2.75, 3.05) is 0 Å². The first kappa shape index (κ1) is 30.0. The van der Waals surface area contributed by atoms with Crippen LogP contribution in [-0.2, 0) is 0 Å². The molecule has 1 atom stereocenters. The first-order chi connectivity index (χ1) is 21.2. The lowest BCUT2D eigenvalue weighted by atomic mass is 9.97. The van der Waals surface area contributed by atoms with Gasteiger partial charge in [0.15, 0.2) is 11.6 Å². The molecule has 218 valence electrons. The SMILES string of the molecule is C=C/C=C(\c1nc(C2C(=O)c3cc(C=C)c(/C=C\C)cc3C2=O)ccc1C)N1C(=O)c2cc(/C=C\C)c(/C=C\C)cc2C1=O. The summed E-state index contributed by atoms with van der Waals surface area (Å²) in [7, 11) is 0. The van der Waals surface area contributed by atoms with E-state index in [1.165, 1.54) is 6.08 Å². The molecule has 1 unspecified atom stereocenters. The number of pyridine rings is 1. The Morgan fingerprint density at radius 2 is 1.20 bits per heavy atom. The molecule has 2 heterocycles. The third-order valence-corrected chi connectivity index (χ3v) is 7.80. The normalized spacial score (nSPS) is 16.6. The van der Waals surface area contributed by atoms with Crippen molar-refractivity contribution in [2.24, 2.45) is 0 Å². The topological polar surface area (TPSA) is 84.4 Å². The maximum absolute atomic E-state index is 13.8. The van der Waals surface area contributed by atoms with E-state index in [2.05, 4.69) is 13.2 Å². The van der Waals surface area contributed by atoms with Crippen molar-refractivity contribution in [2.45, 2.75) is 33.6 Å². The summed E-state index contributed by atoms with van der Waals surface area (Å²) in [5, 5.41) is 0. The van der Waals surface area contributed by atoms with Gasteiger partial charge in [-0.15, -0.1) is 0 Å². The number of carbonyl (C=O) groups is 4. The molecule has 0 N–H and O–H groups in total. The maximum atomic E-state index is 13.8. The standard InChI is InChI=1S/C38H32N2O4/c1-7-12-24-19-28-27(18-23(24)11-5)35(41)33(36(28)42)31-17-16-22(6)34(39-31)32(15-10-4)40-37(43)29-20-25(13-8-2)26(14-9-3)21-30(29)38(40)44/h7-21,33H,4-5H2,1-3,6H3/b12-7-,13-8-,14-9-,32-15+. The minimum atomic E-state index is -1.15. The Labute approximate surface area is 257 Å². The van der Waals surface area contributed by atoms with Gasteiger partial charge in [0.1, 0.15) is 5.92 Å². The Bertz CT molecular complexity index is 1870. The second-order valence-electron chi connectivity index (χ2n) is 10.6. The molecule has 2 amide bonds. The average Bonchev–Trinajstić information content (AvgIpc) is 3.39. The Morgan fingerprint density at radius 1 is 0.727 bits per heavy atom. The van der Waals surface area contributed by atoms with Gasteiger partial charge in [0.05, 0.1) is 28.2 Å². The number of carbonyl (C=O) groups excluding carboxylic acids is 4. The van der Waals surface area contributed by atoms with E-state index in [1.54, 1.807) is 55.5 Å². The second-order valence-corrected chi connectivity index (χ2v) is 10.6. The number of aromatic nitrogens is 1. The Balaban J connectivity index is 1.60. The summed E-state index contributed by atoms with van der Waals surface area (Å²) in [6.45, 7) is 15.1. The van der Waals surface area contributed by atoms with Gasteiger partial charge in [0.25, 0.3) is 11.8 Å². The van der Waals surface area contributed by atoms with Gasteiger partial charge in [-0.25, -0.2) is 9.88 Å². The third kappa shape index (κ3) is 4.84. The number of allylic oxidation sites excluding steroid dienone is 5. The van der Waals surface area contributed by atoms with Crippen molar-refractivity contribution in [1.29, 1.82) is 0 Å². The largest absolute Gasteiger partial charge is 0.293 e. The Hall–Kier alpha value is -5.49. The number of aryl methyl sites for hydroxylation is 1. The van der Waals surface area contributed by atoms with Crippen molar-refractivity contribution in [3.8, 4) is 0 Å². The molecular weight excluding hydrogens is 548 g/mol. The lowest BCUT2D eigenvalue weighted by Gasteiger charge is -2.20. The molecule has 3 aromatic rings. The highest BCUT2D eigenvalue weighted by Gasteiger charge is 2.43. The molecule has 2 aliphatic rings. The average molecular weight is 581 g/mol. The molecule has 0 fully saturated rings. The quantitative estimate of drug-likeness (QED) is 0.153. The van der Waals surface area contributed by atoms with Gasteiger partial charge in [-0.3, -0.25) is 19.2 Å². The van der Waals surface area contributed by atoms with Crippen molar-refractivity contribution in [1.82, 2.24) is 9.88 Å². The highest BCUT2D eigenvalue weighted by atomic mass is 16.2. The molecule has 0 saturated heterocycles. The fourth-order valence-corrected chi connectivity index (χ4v) is 5.76. The van der Waals surface area contributed by atoms with E-state index in [-0.39, 0.29) is 34.1 Å². The molecule has 44 heavy (non-hydrogen) atoms. The van der Waals surface area contributed by atoms with Gasteiger partial charge in [-0.1, -0.05) is 67.8 Å². The molecule has 0 bridgehead atoms. The summed E-state index contributed by atoms with van der Waals surface area (Å²) in [4.78, 5) is 60.8. The van der Waals surface area contributed by atoms with Gasteiger partial charge in [-0.2, -0.15) is 0 Å². The fraction of sp³-hybridized carbons (Fsp3) is 0.132. The third-order valence-electron chi connectivity index (χ3n) is 7.80. The van der Waals surface area contributed by atoms with Crippen LogP contribution < -0.4 is 0 Å². The molecule has 1 aliphatic carbocycles. The van der Waals surface area contributed by atoms with Crippen LogP contribution in [-0.4, -0.2) is 33.3 Å². The summed E-state index contributed by atoms with van der Waals surface area (Å²) >= 11 is 0. The van der Waals surface area contributed by atoms with Crippen LogP contribution in [0.4, 0.5) is 0 Å². The molecule has 6 nitrogen and oxygen atoms in total. The number of rotatable bonds is 8. The van der Waals surface area contributed by atoms with Crippen LogP contribution in [0.5, 0.6) is 0 Å². The van der Waals surface area contributed by atoms with Crippen LogP contribution in [0.2, 0.25) is 0 Å². The van der Waals surface area contributed by atoms with Crippen LogP contribution in [0.15, 0.2) is 79.9 Å². The molecule has 5 rings (SSSR count). The molecule has 2 aromatic carbocycles. The number of fused-ring (bicyclic) bond motifs is 2. The maximum Gasteiger partial charge on any atom is 0.266 e. The van der Waals surface area contributed by atoms with Crippen molar-refractivity contribution in [3.05, 3.63) is 141 Å². The number of ketones is 2. The lowest BCUT2D eigenvalue weighted by Crippen LogP contribution is -2.29. The summed E-state index contributed by atoms with van der Waals surface area (Å²) in [5.74, 6) is -2.84. The summed E-state index contributed by atoms with van der Waals surface area (Å²) in [6.07, 6.45) is 15.9. The first-order valence-corrected chi connectivity index (χ1v) is 14.3. The highest BCUT2D eigenvalue weighted by Crippen LogP contribution is 2.38. The molecule has 1 aromatic heterocycles. The number of hydrogen-bond donors (Lipinski definition) is 0. The number of amides is 2. The number of hydrogen-bond acceptors (Lipinski definition) is 5. The molecule has 6 heteroatoms. The number of Topliss-reactive ketones (excluding diaryl/α,β-unsaturated/α-hetero) is 2. The summed E-state index contributed by atoms with van der Waals surface area (Å²) in [6, 6.07) is 10.2. The van der Waals surface area contributed by atoms with Crippen LogP contribution in [0.3, 0.4) is 0 Å². The van der Waals surface area contributed by atoms with E-state index in [4.69, 9.17) is 4.98 Å². The van der Waals surface area contributed by atoms with E-state index >= 15 is 0 Å². The van der Waals surface area contributed by atoms with Gasteiger partial charge >= 0.3 is 0 Å². The van der Waals surface area contributed by atoms with E-state index in [9.17, 15) is 19.2 Å². The van der Waals surface area contributed by atoms with E-state index in [0.717, 1.165) is 27.2 Å². The predicted molar refractivity (Wildman–Crippen MR) is 176 cm³/mol. The summed E-state index contributed by atoms with van der Waals surface area (Å²) < 4.78 is 0. The first-order valence-electron chi connectivity index (χ1n) is 14.3. The minimum Gasteiger partial charge on any atom is -0.293 e. The van der Waals surface area contributed by atoms with Crippen molar-refractivity contribution < 1.29 is 19.2 Å². The zero-order chi connectivity index (χ0) is 31.7. The zero-order valence-corrected chi connectivity index (χ0v) is 25.2. The Morgan fingerprint density at radius 3 is 1.68 bits per heavy atom. The van der Waals surface area contributed by atoms with Crippen LogP contribution in [0, 0.1) is 6.92 Å². The lowest BCUT2D eigenvalue weighted by molar-refractivity contribution is 0.0733. The van der Waals surface area contributed by atoms with E-state index in [1.807, 2.05) is 57.2 Å². The smallest absolute Gasteiger partial charge is 0.266 e. The molecule has 1 aliphatic heterocycles. The number of imide groups is 1. The van der Waals surface area contributed by atoms with E-state index < -0.39 is 17.7 Å². The van der Waals surface area contributed by atoms with Gasteiger partial charge in [-0.05, 0) is 91.9 Å². The van der Waals surface area contributed by atoms with Crippen molar-refractivity contribution >= 4 is 53.4 Å². The van der Waals surface area contributed by atoms with Gasteiger partial charge < -0.3 is 0 Å². The van der Waals surface area contributed by atoms with Crippen LogP contribution >= 0.6 is 0 Å². The summed E-state index contributed by atoms with van der Waals surface area (Å²) in [5.41, 5.74) is 5.80.